The van der Waals surface area contributed by atoms with Crippen LogP contribution in [-0.2, 0) is 4.74 Å². The van der Waals surface area contributed by atoms with Crippen LogP contribution in [0.3, 0.4) is 0 Å². The fourth-order valence-electron chi connectivity index (χ4n) is 0.721. The van der Waals surface area contributed by atoms with Gasteiger partial charge in [-0.25, -0.2) is 0 Å². The molecule has 1 nitrogen and oxygen atoms in total. The molecular weight excluding hydrogens is 160 g/mol. The van der Waals surface area contributed by atoms with Gasteiger partial charge in [-0.1, -0.05) is 23.7 Å². The van der Waals surface area contributed by atoms with E-state index in [2.05, 4.69) is 0 Å². The van der Waals surface area contributed by atoms with Crippen molar-refractivity contribution in [2.45, 2.75) is 6.92 Å². The van der Waals surface area contributed by atoms with Gasteiger partial charge >= 0.3 is 0 Å². The molecule has 1 aromatic rings. The molecule has 0 unspecified atom stereocenters. The molecule has 0 aliphatic carbocycles. The first-order chi connectivity index (χ1) is 5.33. The van der Waals surface area contributed by atoms with Crippen LogP contribution in [0.2, 0.25) is 5.02 Å². The van der Waals surface area contributed by atoms with E-state index in [9.17, 15) is 0 Å². The van der Waals surface area contributed by atoms with Crippen LogP contribution in [0.25, 0.3) is 0 Å². The third-order valence-corrected chi connectivity index (χ3v) is 1.51. The fraction of sp³-hybridized carbons (Fsp3) is 0.222. The lowest BCUT2D eigenvalue weighted by molar-refractivity contribution is 0.230. The Bertz CT molecular complexity index is 205. The monoisotopic (exact) mass is 169 g/mol. The maximum atomic E-state index is 5.69. The molecule has 0 spiro atoms. The summed E-state index contributed by atoms with van der Waals surface area (Å²) in [6.07, 6.45) is 0. The van der Waals surface area contributed by atoms with E-state index in [0.717, 1.165) is 10.6 Å². The maximum Gasteiger partial charge on any atom is 0.113 e. The van der Waals surface area contributed by atoms with Gasteiger partial charge in [0.25, 0.3) is 0 Å². The minimum absolute atomic E-state index is 0.697. The molecule has 0 atom stereocenters. The van der Waals surface area contributed by atoms with Crippen molar-refractivity contribution in [2.24, 2.45) is 0 Å². The minimum atomic E-state index is 0.697. The minimum Gasteiger partial charge on any atom is -0.371 e. The standard InChI is InChI=1S/C9H10ClO/c1-2-11-7-8-3-5-9(10)6-4-8/h3-7H,2H2,1H3. The zero-order valence-electron chi connectivity index (χ0n) is 6.38. The summed E-state index contributed by atoms with van der Waals surface area (Å²) >= 11 is 5.69. The molecule has 0 fully saturated rings. The molecule has 0 saturated heterocycles. The number of hydrogen-bond donors (Lipinski definition) is 0. The van der Waals surface area contributed by atoms with Gasteiger partial charge in [0, 0.05) is 11.6 Å². The summed E-state index contributed by atoms with van der Waals surface area (Å²) in [5, 5.41) is 0.749. The molecule has 59 valence electrons. The topological polar surface area (TPSA) is 9.23 Å². The van der Waals surface area contributed by atoms with E-state index in [-0.39, 0.29) is 0 Å². The molecule has 0 amide bonds. The summed E-state index contributed by atoms with van der Waals surface area (Å²) in [5.74, 6) is 0. The fourth-order valence-corrected chi connectivity index (χ4v) is 0.847. The first-order valence-electron chi connectivity index (χ1n) is 3.53. The summed E-state index contributed by atoms with van der Waals surface area (Å²) in [6.45, 7) is 4.37. The van der Waals surface area contributed by atoms with Gasteiger partial charge < -0.3 is 4.74 Å². The molecule has 0 bridgehead atoms. The molecule has 0 N–H and O–H groups in total. The molecule has 11 heavy (non-hydrogen) atoms. The van der Waals surface area contributed by atoms with E-state index in [1.165, 1.54) is 0 Å². The molecule has 1 aromatic carbocycles. The van der Waals surface area contributed by atoms with Crippen molar-refractivity contribution in [3.63, 3.8) is 0 Å². The lowest BCUT2D eigenvalue weighted by Crippen LogP contribution is -1.87. The van der Waals surface area contributed by atoms with Crippen LogP contribution < -0.4 is 0 Å². The summed E-state index contributed by atoms with van der Waals surface area (Å²) < 4.78 is 5.09. The molecule has 0 heterocycles. The Morgan fingerprint density at radius 2 is 2.00 bits per heavy atom. The summed E-state index contributed by atoms with van der Waals surface area (Å²) in [5.41, 5.74) is 1.04. The number of rotatable bonds is 3. The second kappa shape index (κ2) is 4.37. The van der Waals surface area contributed by atoms with Crippen molar-refractivity contribution in [2.75, 3.05) is 6.61 Å². The first kappa shape index (κ1) is 8.57. The Hall–Kier alpha value is -0.530. The number of benzene rings is 1. The molecule has 1 rings (SSSR count). The molecule has 1 radical (unpaired) electrons. The SMILES string of the molecule is CCO[CH]c1ccc(Cl)cc1. The predicted octanol–water partition coefficient (Wildman–Crippen LogP) is 2.89. The van der Waals surface area contributed by atoms with Gasteiger partial charge in [0.05, 0.1) is 0 Å². The molecule has 2 heteroatoms. The first-order valence-corrected chi connectivity index (χ1v) is 3.91. The third-order valence-electron chi connectivity index (χ3n) is 1.26. The average Bonchev–Trinajstić information content (AvgIpc) is 2.04. The van der Waals surface area contributed by atoms with Gasteiger partial charge in [0.2, 0.25) is 0 Å². The summed E-state index contributed by atoms with van der Waals surface area (Å²) in [4.78, 5) is 0. The maximum absolute atomic E-state index is 5.69. The Balaban J connectivity index is 2.52. The molecule has 0 saturated carbocycles. The van der Waals surface area contributed by atoms with E-state index in [0.29, 0.717) is 6.61 Å². The van der Waals surface area contributed by atoms with Crippen molar-refractivity contribution in [3.8, 4) is 0 Å². The Morgan fingerprint density at radius 1 is 1.36 bits per heavy atom. The van der Waals surface area contributed by atoms with Gasteiger partial charge in [-0.2, -0.15) is 0 Å². The Labute approximate surface area is 71.9 Å². The van der Waals surface area contributed by atoms with E-state index in [1.54, 1.807) is 6.61 Å². The van der Waals surface area contributed by atoms with Crippen LogP contribution in [0, 0.1) is 6.61 Å². The van der Waals surface area contributed by atoms with E-state index in [1.807, 2.05) is 31.2 Å². The number of hydrogen-bond acceptors (Lipinski definition) is 1. The van der Waals surface area contributed by atoms with E-state index in [4.69, 9.17) is 16.3 Å². The van der Waals surface area contributed by atoms with Gasteiger partial charge in [-0.15, -0.1) is 0 Å². The van der Waals surface area contributed by atoms with E-state index >= 15 is 0 Å². The highest BCUT2D eigenvalue weighted by molar-refractivity contribution is 6.30. The predicted molar refractivity (Wildman–Crippen MR) is 46.5 cm³/mol. The second-order valence-corrected chi connectivity index (χ2v) is 2.56. The number of ether oxygens (including phenoxy) is 1. The van der Waals surface area contributed by atoms with Crippen LogP contribution >= 0.6 is 11.6 Å². The molecule has 0 aliphatic heterocycles. The molecular formula is C9H10ClO. The van der Waals surface area contributed by atoms with Crippen molar-refractivity contribution in [1.82, 2.24) is 0 Å². The zero-order chi connectivity index (χ0) is 8.10. The van der Waals surface area contributed by atoms with Crippen LogP contribution in [0.5, 0.6) is 0 Å². The van der Waals surface area contributed by atoms with Gasteiger partial charge in [-0.3, -0.25) is 0 Å². The third kappa shape index (κ3) is 2.91. The lowest BCUT2D eigenvalue weighted by atomic mass is 10.2. The van der Waals surface area contributed by atoms with Crippen LogP contribution in [0.15, 0.2) is 24.3 Å². The highest BCUT2D eigenvalue weighted by Gasteiger charge is 1.91. The van der Waals surface area contributed by atoms with E-state index < -0.39 is 0 Å². The normalized spacial score (nSPS) is 10.0. The lowest BCUT2D eigenvalue weighted by Gasteiger charge is -1.99. The average molecular weight is 170 g/mol. The van der Waals surface area contributed by atoms with Crippen molar-refractivity contribution >= 4 is 11.6 Å². The van der Waals surface area contributed by atoms with Crippen LogP contribution in [0.1, 0.15) is 12.5 Å². The van der Waals surface area contributed by atoms with Gasteiger partial charge in [0.15, 0.2) is 0 Å². The summed E-state index contributed by atoms with van der Waals surface area (Å²) in [7, 11) is 0. The Morgan fingerprint density at radius 3 is 2.55 bits per heavy atom. The summed E-state index contributed by atoms with van der Waals surface area (Å²) in [6, 6.07) is 7.51. The zero-order valence-corrected chi connectivity index (χ0v) is 7.14. The quantitative estimate of drug-likeness (QED) is 0.676. The van der Waals surface area contributed by atoms with Crippen LogP contribution in [-0.4, -0.2) is 6.61 Å². The highest BCUT2D eigenvalue weighted by Crippen LogP contribution is 2.10. The van der Waals surface area contributed by atoms with Crippen molar-refractivity contribution in [3.05, 3.63) is 41.5 Å². The molecule has 0 aromatic heterocycles. The van der Waals surface area contributed by atoms with Crippen LogP contribution in [0.4, 0.5) is 0 Å². The van der Waals surface area contributed by atoms with Crippen molar-refractivity contribution < 1.29 is 4.74 Å². The van der Waals surface area contributed by atoms with Gasteiger partial charge in [-0.05, 0) is 24.6 Å². The smallest absolute Gasteiger partial charge is 0.113 e. The highest BCUT2D eigenvalue weighted by atomic mass is 35.5. The Kier molecular flexibility index (Phi) is 3.40. The number of halogens is 1. The van der Waals surface area contributed by atoms with Crippen molar-refractivity contribution in [1.29, 1.82) is 0 Å². The van der Waals surface area contributed by atoms with Gasteiger partial charge in [0.1, 0.15) is 6.61 Å². The second-order valence-electron chi connectivity index (χ2n) is 2.12. The largest absolute Gasteiger partial charge is 0.371 e. The molecule has 0 aliphatic rings.